The van der Waals surface area contributed by atoms with Crippen molar-refractivity contribution in [2.24, 2.45) is 0 Å². The molecule has 44 valence electrons. The molecule has 0 fully saturated rings. The second kappa shape index (κ2) is 2.27. The predicted octanol–water partition coefficient (Wildman–Crippen LogP) is -0.178. The summed E-state index contributed by atoms with van der Waals surface area (Å²) in [5, 5.41) is 0.197. The molecule has 9 heavy (non-hydrogen) atoms. The zero-order chi connectivity index (χ0) is 6.85. The average molecular weight is 139 g/mol. The van der Waals surface area contributed by atoms with E-state index < -0.39 is 0 Å². The summed E-state index contributed by atoms with van der Waals surface area (Å²) >= 11 is 5.43. The van der Waals surface area contributed by atoms with Crippen molar-refractivity contribution in [2.45, 2.75) is 0 Å². The lowest BCUT2D eigenvalue weighted by Gasteiger charge is -1.92. The Kier molecular flexibility index (Phi) is 1.62. The molecule has 0 amide bonds. The van der Waals surface area contributed by atoms with Gasteiger partial charge in [0, 0.05) is 6.07 Å². The van der Waals surface area contributed by atoms with Gasteiger partial charge in [0.1, 0.15) is 13.0 Å². The number of H-pyrrole nitrogens is 1. The summed E-state index contributed by atoms with van der Waals surface area (Å²) in [6.45, 7) is 0. The van der Waals surface area contributed by atoms with Crippen LogP contribution >= 0.6 is 11.6 Å². The Labute approximate surface area is 58.3 Å². The maximum absolute atomic E-state index is 10.4. The lowest BCUT2D eigenvalue weighted by atomic mass is 9.99. The van der Waals surface area contributed by atoms with E-state index in [0.717, 1.165) is 0 Å². The molecular weight excluding hydrogens is 136 g/mol. The minimum absolute atomic E-state index is 0.197. The van der Waals surface area contributed by atoms with Crippen molar-refractivity contribution < 1.29 is 0 Å². The standard InChI is InChI=1S/C5H3BClNO/c6-3-1-2-4(9)8-5(3)7/h1-2H,(H,8,9). The molecule has 0 atom stereocenters. The van der Waals surface area contributed by atoms with Crippen LogP contribution in [-0.4, -0.2) is 12.8 Å². The van der Waals surface area contributed by atoms with Crippen LogP contribution in [0, 0.1) is 0 Å². The van der Waals surface area contributed by atoms with Crippen LogP contribution in [0.5, 0.6) is 0 Å². The zero-order valence-electron chi connectivity index (χ0n) is 4.52. The van der Waals surface area contributed by atoms with E-state index in [0.29, 0.717) is 5.46 Å². The van der Waals surface area contributed by atoms with Crippen molar-refractivity contribution >= 4 is 24.9 Å². The predicted molar refractivity (Wildman–Crippen MR) is 37.5 cm³/mol. The zero-order valence-corrected chi connectivity index (χ0v) is 5.27. The summed E-state index contributed by atoms with van der Waals surface area (Å²) in [6, 6.07) is 2.78. The molecule has 0 saturated heterocycles. The number of halogens is 1. The fraction of sp³-hybridized carbons (Fsp3) is 0. The lowest BCUT2D eigenvalue weighted by molar-refractivity contribution is 1.25. The van der Waals surface area contributed by atoms with Crippen LogP contribution in [0.4, 0.5) is 0 Å². The van der Waals surface area contributed by atoms with E-state index in [2.05, 4.69) is 4.98 Å². The fourth-order valence-electron chi connectivity index (χ4n) is 0.461. The highest BCUT2D eigenvalue weighted by atomic mass is 35.5. The third-order valence-corrected chi connectivity index (χ3v) is 1.21. The van der Waals surface area contributed by atoms with Crippen molar-refractivity contribution in [3.8, 4) is 0 Å². The molecule has 0 bridgehead atoms. The minimum Gasteiger partial charge on any atom is -0.313 e. The molecular formula is C5H3BClNO. The summed E-state index contributed by atoms with van der Waals surface area (Å²) in [6.07, 6.45) is 0. The number of rotatable bonds is 0. The van der Waals surface area contributed by atoms with Gasteiger partial charge in [0.25, 0.3) is 0 Å². The Bertz CT molecular complexity index is 270. The molecule has 1 aromatic heterocycles. The van der Waals surface area contributed by atoms with Gasteiger partial charge >= 0.3 is 0 Å². The molecule has 2 radical (unpaired) electrons. The summed E-state index contributed by atoms with van der Waals surface area (Å²) < 4.78 is 0. The summed E-state index contributed by atoms with van der Waals surface area (Å²) in [5.74, 6) is 0. The Hall–Kier alpha value is -0.695. The van der Waals surface area contributed by atoms with E-state index in [1.807, 2.05) is 0 Å². The van der Waals surface area contributed by atoms with Crippen LogP contribution in [0.3, 0.4) is 0 Å². The molecule has 2 nitrogen and oxygen atoms in total. The molecule has 0 unspecified atom stereocenters. The maximum atomic E-state index is 10.4. The quantitative estimate of drug-likeness (QED) is 0.393. The highest BCUT2D eigenvalue weighted by molar-refractivity contribution is 6.44. The molecule has 1 aromatic rings. The number of aromatic nitrogens is 1. The van der Waals surface area contributed by atoms with Crippen molar-refractivity contribution in [3.63, 3.8) is 0 Å². The normalized spacial score (nSPS) is 9.44. The van der Waals surface area contributed by atoms with Crippen LogP contribution in [0.25, 0.3) is 0 Å². The second-order valence-corrected chi connectivity index (χ2v) is 1.97. The summed E-state index contributed by atoms with van der Waals surface area (Å²) in [5.41, 5.74) is 0.144. The number of pyridine rings is 1. The van der Waals surface area contributed by atoms with Gasteiger partial charge in [-0.3, -0.25) is 4.79 Å². The fourth-order valence-corrected chi connectivity index (χ4v) is 0.617. The molecule has 0 aliphatic rings. The van der Waals surface area contributed by atoms with E-state index in [1.54, 1.807) is 0 Å². The van der Waals surface area contributed by atoms with Gasteiger partial charge < -0.3 is 4.98 Å². The van der Waals surface area contributed by atoms with Crippen LogP contribution in [0.2, 0.25) is 5.15 Å². The number of aromatic amines is 1. The van der Waals surface area contributed by atoms with Gasteiger partial charge in [0.05, 0.1) is 0 Å². The maximum Gasteiger partial charge on any atom is 0.248 e. The molecule has 4 heteroatoms. The molecule has 1 rings (SSSR count). The third kappa shape index (κ3) is 1.36. The average Bonchev–Trinajstić information content (AvgIpc) is 1.80. The smallest absolute Gasteiger partial charge is 0.248 e. The minimum atomic E-state index is -0.241. The van der Waals surface area contributed by atoms with Crippen LogP contribution in [0.1, 0.15) is 0 Å². The molecule has 0 spiro atoms. The van der Waals surface area contributed by atoms with Gasteiger partial charge in [0.2, 0.25) is 5.56 Å². The first-order valence-electron chi connectivity index (χ1n) is 2.34. The monoisotopic (exact) mass is 139 g/mol. The largest absolute Gasteiger partial charge is 0.313 e. The summed E-state index contributed by atoms with van der Waals surface area (Å²) in [7, 11) is 5.29. The van der Waals surface area contributed by atoms with E-state index in [1.165, 1.54) is 12.1 Å². The van der Waals surface area contributed by atoms with E-state index in [-0.39, 0.29) is 10.7 Å². The lowest BCUT2D eigenvalue weighted by Crippen LogP contribution is -2.13. The van der Waals surface area contributed by atoms with Crippen molar-refractivity contribution in [3.05, 3.63) is 27.6 Å². The number of hydrogen-bond acceptors (Lipinski definition) is 1. The molecule has 0 aliphatic heterocycles. The number of nitrogens with one attached hydrogen (secondary N) is 1. The van der Waals surface area contributed by atoms with Gasteiger partial charge in [-0.05, 0) is 0 Å². The first-order valence-corrected chi connectivity index (χ1v) is 2.72. The Morgan fingerprint density at radius 1 is 1.56 bits per heavy atom. The van der Waals surface area contributed by atoms with Gasteiger partial charge in [0.15, 0.2) is 0 Å². The van der Waals surface area contributed by atoms with Crippen molar-refractivity contribution in [2.75, 3.05) is 0 Å². The van der Waals surface area contributed by atoms with Crippen LogP contribution in [-0.2, 0) is 0 Å². The molecule has 1 N–H and O–H groups in total. The number of hydrogen-bond donors (Lipinski definition) is 1. The topological polar surface area (TPSA) is 32.9 Å². The first-order chi connectivity index (χ1) is 4.20. The molecule has 0 aliphatic carbocycles. The molecule has 0 saturated carbocycles. The van der Waals surface area contributed by atoms with Gasteiger partial charge in [-0.2, -0.15) is 0 Å². The third-order valence-electron chi connectivity index (χ3n) is 0.901. The SMILES string of the molecule is [B]c1ccc(=O)[nH]c1Cl. The van der Waals surface area contributed by atoms with Gasteiger partial charge in [-0.15, -0.1) is 0 Å². The Balaban J connectivity index is 3.34. The second-order valence-electron chi connectivity index (χ2n) is 1.59. The molecule has 0 aromatic carbocycles. The summed E-state index contributed by atoms with van der Waals surface area (Å²) in [4.78, 5) is 12.8. The van der Waals surface area contributed by atoms with E-state index >= 15 is 0 Å². The Morgan fingerprint density at radius 3 is 2.67 bits per heavy atom. The Morgan fingerprint density at radius 2 is 2.22 bits per heavy atom. The first kappa shape index (κ1) is 6.43. The van der Waals surface area contributed by atoms with Crippen LogP contribution in [0.15, 0.2) is 16.9 Å². The van der Waals surface area contributed by atoms with Gasteiger partial charge in [-0.1, -0.05) is 23.1 Å². The highest BCUT2D eigenvalue weighted by Gasteiger charge is 1.90. The van der Waals surface area contributed by atoms with E-state index in [4.69, 9.17) is 19.4 Å². The van der Waals surface area contributed by atoms with Crippen LogP contribution < -0.4 is 11.0 Å². The van der Waals surface area contributed by atoms with Crippen molar-refractivity contribution in [1.29, 1.82) is 0 Å². The highest BCUT2D eigenvalue weighted by Crippen LogP contribution is 1.91. The van der Waals surface area contributed by atoms with Crippen molar-refractivity contribution in [1.82, 2.24) is 4.98 Å². The van der Waals surface area contributed by atoms with E-state index in [9.17, 15) is 4.79 Å². The molecule has 1 heterocycles. The van der Waals surface area contributed by atoms with Gasteiger partial charge in [-0.25, -0.2) is 0 Å².